The molecule has 6 nitrogen and oxygen atoms in total. The van der Waals surface area contributed by atoms with Gasteiger partial charge in [-0.2, -0.15) is 0 Å². The maximum atomic E-state index is 11.2. The highest BCUT2D eigenvalue weighted by Crippen LogP contribution is 2.35. The third kappa shape index (κ3) is 5.57. The molecule has 0 heterocycles. The Balaban J connectivity index is 2.62. The fourth-order valence-corrected chi connectivity index (χ4v) is 2.08. The standard InChI is InChI=1S/C14H19ClN2O4S/c1-4-21-13(18)5-6-16-14(22)17-10-8-11(19-2)9(15)7-12(10)20-3/h7-8H,4-6H2,1-3H3,(H2,16,17,22). The Bertz CT molecular complexity index is 540. The third-order valence-corrected chi connectivity index (χ3v) is 3.18. The van der Waals surface area contributed by atoms with E-state index in [1.807, 2.05) is 0 Å². The van der Waals surface area contributed by atoms with Crippen molar-refractivity contribution in [2.24, 2.45) is 0 Å². The van der Waals surface area contributed by atoms with Crippen molar-refractivity contribution >= 4 is 40.6 Å². The first-order valence-corrected chi connectivity index (χ1v) is 7.42. The molecule has 0 aromatic heterocycles. The van der Waals surface area contributed by atoms with Gasteiger partial charge in [-0.15, -0.1) is 0 Å². The molecular weight excluding hydrogens is 328 g/mol. The summed E-state index contributed by atoms with van der Waals surface area (Å²) in [5.41, 5.74) is 0.609. The lowest BCUT2D eigenvalue weighted by Crippen LogP contribution is -2.30. The van der Waals surface area contributed by atoms with Gasteiger partial charge in [0, 0.05) is 18.7 Å². The molecule has 22 heavy (non-hydrogen) atoms. The summed E-state index contributed by atoms with van der Waals surface area (Å²) in [5, 5.41) is 6.68. The van der Waals surface area contributed by atoms with Crippen LogP contribution < -0.4 is 20.1 Å². The van der Waals surface area contributed by atoms with Gasteiger partial charge in [0.1, 0.15) is 11.5 Å². The number of ether oxygens (including phenoxy) is 3. The van der Waals surface area contributed by atoms with Crippen molar-refractivity contribution in [1.29, 1.82) is 0 Å². The van der Waals surface area contributed by atoms with E-state index < -0.39 is 0 Å². The molecular formula is C14H19ClN2O4S. The Hall–Kier alpha value is -1.73. The van der Waals surface area contributed by atoms with Gasteiger partial charge in [-0.25, -0.2) is 0 Å². The fourth-order valence-electron chi connectivity index (χ4n) is 1.64. The Morgan fingerprint density at radius 1 is 1.27 bits per heavy atom. The van der Waals surface area contributed by atoms with Crippen molar-refractivity contribution in [3.8, 4) is 11.5 Å². The lowest BCUT2D eigenvalue weighted by atomic mass is 10.2. The van der Waals surface area contributed by atoms with Crippen LogP contribution >= 0.6 is 23.8 Å². The minimum Gasteiger partial charge on any atom is -0.495 e. The first-order chi connectivity index (χ1) is 10.5. The van der Waals surface area contributed by atoms with Crippen molar-refractivity contribution in [3.05, 3.63) is 17.2 Å². The number of esters is 1. The molecule has 1 aromatic rings. The number of rotatable bonds is 7. The topological polar surface area (TPSA) is 68.8 Å². The zero-order chi connectivity index (χ0) is 16.5. The van der Waals surface area contributed by atoms with Crippen LogP contribution in [0.3, 0.4) is 0 Å². The molecule has 122 valence electrons. The molecule has 0 spiro atoms. The SMILES string of the molecule is CCOC(=O)CCNC(=S)Nc1cc(OC)c(Cl)cc1OC. The summed E-state index contributed by atoms with van der Waals surface area (Å²) >= 11 is 11.2. The van der Waals surface area contributed by atoms with Gasteiger partial charge < -0.3 is 24.8 Å². The summed E-state index contributed by atoms with van der Waals surface area (Å²) in [4.78, 5) is 11.2. The van der Waals surface area contributed by atoms with Gasteiger partial charge in [-0.05, 0) is 19.1 Å². The molecule has 0 bridgehead atoms. The molecule has 2 N–H and O–H groups in total. The molecule has 8 heteroatoms. The van der Waals surface area contributed by atoms with E-state index in [4.69, 9.17) is 38.0 Å². The Labute approximate surface area is 140 Å². The molecule has 0 aliphatic heterocycles. The van der Waals surface area contributed by atoms with Gasteiger partial charge >= 0.3 is 5.97 Å². The minimum absolute atomic E-state index is 0.233. The van der Waals surface area contributed by atoms with Gasteiger partial charge in [0.2, 0.25) is 0 Å². The van der Waals surface area contributed by atoms with Crippen molar-refractivity contribution in [2.45, 2.75) is 13.3 Å². The lowest BCUT2D eigenvalue weighted by molar-refractivity contribution is -0.142. The largest absolute Gasteiger partial charge is 0.495 e. The van der Waals surface area contributed by atoms with Crippen LogP contribution in [-0.4, -0.2) is 38.5 Å². The van der Waals surface area contributed by atoms with Crippen LogP contribution in [0.2, 0.25) is 5.02 Å². The zero-order valence-electron chi connectivity index (χ0n) is 12.7. The van der Waals surface area contributed by atoms with Gasteiger partial charge in [0.15, 0.2) is 5.11 Å². The molecule has 0 unspecified atom stereocenters. The van der Waals surface area contributed by atoms with Crippen LogP contribution in [-0.2, 0) is 9.53 Å². The number of benzene rings is 1. The number of nitrogens with one attached hydrogen (secondary N) is 2. The van der Waals surface area contributed by atoms with Gasteiger partial charge in [-0.1, -0.05) is 11.6 Å². The molecule has 0 fully saturated rings. The van der Waals surface area contributed by atoms with Crippen LogP contribution in [0.25, 0.3) is 0 Å². The third-order valence-electron chi connectivity index (χ3n) is 2.64. The number of methoxy groups -OCH3 is 2. The van der Waals surface area contributed by atoms with E-state index in [0.717, 1.165) is 0 Å². The van der Waals surface area contributed by atoms with E-state index >= 15 is 0 Å². The predicted molar refractivity (Wildman–Crippen MR) is 90.0 cm³/mol. The maximum absolute atomic E-state index is 11.2. The number of carbonyl (C=O) groups is 1. The molecule has 0 saturated heterocycles. The lowest BCUT2D eigenvalue weighted by Gasteiger charge is -2.15. The summed E-state index contributed by atoms with van der Waals surface area (Å²) in [5.74, 6) is 0.753. The minimum atomic E-state index is -0.274. The Morgan fingerprint density at radius 2 is 1.95 bits per heavy atom. The monoisotopic (exact) mass is 346 g/mol. The molecule has 0 atom stereocenters. The quantitative estimate of drug-likeness (QED) is 0.581. The zero-order valence-corrected chi connectivity index (χ0v) is 14.3. The number of halogens is 1. The van der Waals surface area contributed by atoms with Crippen molar-refractivity contribution in [1.82, 2.24) is 5.32 Å². The molecule has 0 amide bonds. The van der Waals surface area contributed by atoms with Crippen LogP contribution in [0.15, 0.2) is 12.1 Å². The summed E-state index contributed by atoms with van der Waals surface area (Å²) in [6.07, 6.45) is 0.233. The summed E-state index contributed by atoms with van der Waals surface area (Å²) in [6, 6.07) is 3.31. The normalized spacial score (nSPS) is 9.82. The summed E-state index contributed by atoms with van der Waals surface area (Å²) < 4.78 is 15.2. The maximum Gasteiger partial charge on any atom is 0.307 e. The van der Waals surface area contributed by atoms with Gasteiger partial charge in [0.25, 0.3) is 0 Å². The van der Waals surface area contributed by atoms with Gasteiger partial charge in [0.05, 0.1) is 38.0 Å². The van der Waals surface area contributed by atoms with Gasteiger partial charge in [-0.3, -0.25) is 4.79 Å². The summed E-state index contributed by atoms with van der Waals surface area (Å²) in [7, 11) is 3.05. The van der Waals surface area contributed by atoms with E-state index in [-0.39, 0.29) is 12.4 Å². The number of hydrogen-bond acceptors (Lipinski definition) is 5. The molecule has 0 aliphatic rings. The van der Waals surface area contributed by atoms with E-state index in [0.29, 0.717) is 40.5 Å². The number of carbonyl (C=O) groups excluding carboxylic acids is 1. The van der Waals surface area contributed by atoms with Crippen molar-refractivity contribution in [3.63, 3.8) is 0 Å². The van der Waals surface area contributed by atoms with Crippen molar-refractivity contribution < 1.29 is 19.0 Å². The smallest absolute Gasteiger partial charge is 0.307 e. The average Bonchev–Trinajstić information content (AvgIpc) is 2.48. The number of anilines is 1. The fraction of sp³-hybridized carbons (Fsp3) is 0.429. The van der Waals surface area contributed by atoms with E-state index in [2.05, 4.69) is 10.6 Å². The first-order valence-electron chi connectivity index (χ1n) is 6.63. The first kappa shape index (κ1) is 18.3. The number of hydrogen-bond donors (Lipinski definition) is 2. The predicted octanol–water partition coefficient (Wildman–Crippen LogP) is 2.60. The van der Waals surface area contributed by atoms with Crippen LogP contribution in [0, 0.1) is 0 Å². The Kier molecular flexibility index (Phi) is 7.76. The van der Waals surface area contributed by atoms with E-state index in [1.54, 1.807) is 19.1 Å². The second kappa shape index (κ2) is 9.32. The molecule has 0 radical (unpaired) electrons. The second-order valence-electron chi connectivity index (χ2n) is 4.12. The highest BCUT2D eigenvalue weighted by molar-refractivity contribution is 7.80. The van der Waals surface area contributed by atoms with Crippen molar-refractivity contribution in [2.75, 3.05) is 32.7 Å². The van der Waals surface area contributed by atoms with Crippen LogP contribution in [0.1, 0.15) is 13.3 Å². The van der Waals surface area contributed by atoms with Crippen LogP contribution in [0.5, 0.6) is 11.5 Å². The summed E-state index contributed by atoms with van der Waals surface area (Å²) in [6.45, 7) is 2.50. The Morgan fingerprint density at radius 3 is 2.55 bits per heavy atom. The van der Waals surface area contributed by atoms with Crippen LogP contribution in [0.4, 0.5) is 5.69 Å². The number of thiocarbonyl (C=S) groups is 1. The molecule has 0 aliphatic carbocycles. The van der Waals surface area contributed by atoms with E-state index in [9.17, 15) is 4.79 Å². The molecule has 1 aromatic carbocycles. The second-order valence-corrected chi connectivity index (χ2v) is 4.94. The highest BCUT2D eigenvalue weighted by atomic mass is 35.5. The average molecular weight is 347 g/mol. The highest BCUT2D eigenvalue weighted by Gasteiger charge is 2.11. The molecule has 0 saturated carbocycles. The van der Waals surface area contributed by atoms with E-state index in [1.165, 1.54) is 14.2 Å². The molecule has 1 rings (SSSR count).